The molecule has 0 saturated carbocycles. The molecule has 0 unspecified atom stereocenters. The molecule has 0 spiro atoms. The highest BCUT2D eigenvalue weighted by molar-refractivity contribution is 7.89. The Balaban J connectivity index is 1.51. The van der Waals surface area contributed by atoms with E-state index in [1.165, 1.54) is 4.57 Å². The second-order valence-corrected chi connectivity index (χ2v) is 9.69. The van der Waals surface area contributed by atoms with Gasteiger partial charge in [-0.3, -0.25) is 14.2 Å². The number of hydrogen-bond donors (Lipinski definition) is 2. The van der Waals surface area contributed by atoms with Gasteiger partial charge in [-0.1, -0.05) is 22.9 Å². The number of aromatic amines is 1. The average Bonchev–Trinajstić information content (AvgIpc) is 3.23. The van der Waals surface area contributed by atoms with Crippen molar-refractivity contribution in [3.63, 3.8) is 0 Å². The molecule has 0 aliphatic carbocycles. The summed E-state index contributed by atoms with van der Waals surface area (Å²) in [6.07, 6.45) is 0.204. The van der Waals surface area contributed by atoms with Crippen LogP contribution >= 0.6 is 0 Å². The Hall–Kier alpha value is -3.57. The molecule has 4 rings (SSSR count). The third kappa shape index (κ3) is 4.64. The quantitative estimate of drug-likeness (QED) is 0.395. The molecule has 2 aromatic heterocycles. The molecule has 10 nitrogen and oxygen atoms in total. The van der Waals surface area contributed by atoms with Crippen molar-refractivity contribution in [2.75, 3.05) is 6.54 Å². The molecule has 0 saturated heterocycles. The van der Waals surface area contributed by atoms with Gasteiger partial charge < -0.3 is 9.51 Å². The molecular weight excluding hydrogens is 446 g/mol. The smallest absolute Gasteiger partial charge is 0.316 e. The Labute approximate surface area is 189 Å². The van der Waals surface area contributed by atoms with E-state index in [-0.39, 0.29) is 35.6 Å². The van der Waals surface area contributed by atoms with Gasteiger partial charge in [-0.15, -0.1) is 0 Å². The molecule has 0 aliphatic rings. The number of aryl methyl sites for hydroxylation is 1. The maximum atomic E-state index is 12.4. The van der Waals surface area contributed by atoms with Crippen LogP contribution in [0.4, 0.5) is 0 Å². The minimum Gasteiger partial charge on any atom is -0.339 e. The predicted octanol–water partition coefficient (Wildman–Crippen LogP) is 2.15. The highest BCUT2D eigenvalue weighted by Crippen LogP contribution is 2.21. The summed E-state index contributed by atoms with van der Waals surface area (Å²) in [5, 5.41) is 3.95. The number of aromatic nitrogens is 4. The van der Waals surface area contributed by atoms with Crippen LogP contribution in [-0.4, -0.2) is 34.7 Å². The van der Waals surface area contributed by atoms with Crippen molar-refractivity contribution in [3.8, 4) is 11.4 Å². The summed E-state index contributed by atoms with van der Waals surface area (Å²) >= 11 is 0. The van der Waals surface area contributed by atoms with Gasteiger partial charge in [-0.25, -0.2) is 13.1 Å². The Morgan fingerprint density at radius 2 is 1.85 bits per heavy atom. The first-order chi connectivity index (χ1) is 15.7. The summed E-state index contributed by atoms with van der Waals surface area (Å²) in [4.78, 5) is 31.3. The van der Waals surface area contributed by atoms with Crippen molar-refractivity contribution in [1.82, 2.24) is 24.4 Å². The van der Waals surface area contributed by atoms with Crippen LogP contribution in [0.25, 0.3) is 22.4 Å². The van der Waals surface area contributed by atoms with Crippen LogP contribution in [0.3, 0.4) is 0 Å². The lowest BCUT2D eigenvalue weighted by atomic mass is 10.1. The van der Waals surface area contributed by atoms with Crippen molar-refractivity contribution >= 4 is 21.1 Å². The van der Waals surface area contributed by atoms with Crippen molar-refractivity contribution in [1.29, 1.82) is 0 Å². The van der Waals surface area contributed by atoms with Crippen LogP contribution in [-0.2, 0) is 16.4 Å². The van der Waals surface area contributed by atoms with E-state index < -0.39 is 21.1 Å². The molecule has 2 heterocycles. The lowest BCUT2D eigenvalue weighted by Crippen LogP contribution is -2.37. The van der Waals surface area contributed by atoms with Crippen LogP contribution < -0.4 is 15.8 Å². The van der Waals surface area contributed by atoms with Gasteiger partial charge in [0, 0.05) is 24.6 Å². The summed E-state index contributed by atoms with van der Waals surface area (Å²) in [6.45, 7) is 5.62. The van der Waals surface area contributed by atoms with E-state index in [9.17, 15) is 18.0 Å². The third-order valence-corrected chi connectivity index (χ3v) is 6.60. The Morgan fingerprint density at radius 1 is 1.12 bits per heavy atom. The number of rotatable bonds is 7. The van der Waals surface area contributed by atoms with Gasteiger partial charge in [0.25, 0.3) is 0 Å². The highest BCUT2D eigenvalue weighted by atomic mass is 32.2. The summed E-state index contributed by atoms with van der Waals surface area (Å²) in [6, 6.07) is 11.5. The van der Waals surface area contributed by atoms with E-state index in [4.69, 9.17) is 4.52 Å². The molecule has 0 radical (unpaired) electrons. The molecule has 0 atom stereocenters. The van der Waals surface area contributed by atoms with Crippen molar-refractivity contribution in [2.45, 2.75) is 38.1 Å². The van der Waals surface area contributed by atoms with Gasteiger partial charge in [-0.2, -0.15) is 4.98 Å². The monoisotopic (exact) mass is 469 g/mol. The fourth-order valence-corrected chi connectivity index (χ4v) is 4.49. The standard InChI is InChI=1S/C22H23N5O5S/c1-13(2)27-18-9-6-15(12-17(18)24-21(28)22(27)29)20-25-19(32-26-20)10-11-23-33(30,31)16-7-4-14(3)5-8-16/h4-9,12-13,23H,10-11H2,1-3H3,(H,24,28). The first-order valence-corrected chi connectivity index (χ1v) is 11.8. The number of hydrogen-bond acceptors (Lipinski definition) is 7. The zero-order chi connectivity index (χ0) is 23.8. The van der Waals surface area contributed by atoms with E-state index in [1.807, 2.05) is 20.8 Å². The van der Waals surface area contributed by atoms with Gasteiger partial charge in [-0.05, 0) is 51.1 Å². The van der Waals surface area contributed by atoms with Crippen LogP contribution in [0.15, 0.2) is 61.5 Å². The maximum absolute atomic E-state index is 12.4. The van der Waals surface area contributed by atoms with E-state index in [0.29, 0.717) is 16.6 Å². The molecule has 0 fully saturated rings. The minimum atomic E-state index is -3.64. The van der Waals surface area contributed by atoms with E-state index >= 15 is 0 Å². The van der Waals surface area contributed by atoms with Gasteiger partial charge in [0.05, 0.1) is 15.9 Å². The Bertz CT molecular complexity index is 1530. The molecule has 2 N–H and O–H groups in total. The second-order valence-electron chi connectivity index (χ2n) is 7.93. The fraction of sp³-hybridized carbons (Fsp3) is 0.273. The zero-order valence-electron chi connectivity index (χ0n) is 18.3. The number of fused-ring (bicyclic) bond motifs is 1. The number of H-pyrrole nitrogens is 1. The Morgan fingerprint density at radius 3 is 2.55 bits per heavy atom. The summed E-state index contributed by atoms with van der Waals surface area (Å²) in [5.41, 5.74) is 1.30. The second kappa shape index (κ2) is 8.75. The highest BCUT2D eigenvalue weighted by Gasteiger charge is 2.16. The zero-order valence-corrected chi connectivity index (χ0v) is 19.1. The van der Waals surface area contributed by atoms with Crippen LogP contribution in [0.1, 0.15) is 31.3 Å². The van der Waals surface area contributed by atoms with Gasteiger partial charge in [0.15, 0.2) is 0 Å². The molecule has 0 bridgehead atoms. The van der Waals surface area contributed by atoms with Crippen LogP contribution in [0.5, 0.6) is 0 Å². The molecule has 0 amide bonds. The maximum Gasteiger partial charge on any atom is 0.316 e. The molecular formula is C22H23N5O5S. The van der Waals surface area contributed by atoms with Gasteiger partial charge in [0.1, 0.15) is 0 Å². The number of sulfonamides is 1. The van der Waals surface area contributed by atoms with Crippen LogP contribution in [0, 0.1) is 6.92 Å². The largest absolute Gasteiger partial charge is 0.339 e. The van der Waals surface area contributed by atoms with Crippen LogP contribution in [0.2, 0.25) is 0 Å². The first kappa shape index (κ1) is 22.6. The number of nitrogens with one attached hydrogen (secondary N) is 2. The molecule has 11 heteroatoms. The average molecular weight is 470 g/mol. The predicted molar refractivity (Wildman–Crippen MR) is 123 cm³/mol. The van der Waals surface area contributed by atoms with Crippen molar-refractivity contribution in [2.24, 2.45) is 0 Å². The van der Waals surface area contributed by atoms with Crippen molar-refractivity contribution in [3.05, 3.63) is 74.6 Å². The topological polar surface area (TPSA) is 140 Å². The molecule has 2 aromatic carbocycles. The van der Waals surface area contributed by atoms with Gasteiger partial charge >= 0.3 is 11.1 Å². The molecule has 33 heavy (non-hydrogen) atoms. The van der Waals surface area contributed by atoms with E-state index in [1.54, 1.807) is 42.5 Å². The number of nitrogens with zero attached hydrogens (tertiary/aromatic N) is 3. The molecule has 4 aromatic rings. The lowest BCUT2D eigenvalue weighted by Gasteiger charge is -2.13. The van der Waals surface area contributed by atoms with E-state index in [2.05, 4.69) is 19.8 Å². The lowest BCUT2D eigenvalue weighted by molar-refractivity contribution is 0.379. The van der Waals surface area contributed by atoms with E-state index in [0.717, 1.165) is 5.56 Å². The molecule has 172 valence electrons. The Kier molecular flexibility index (Phi) is 6.00. The first-order valence-electron chi connectivity index (χ1n) is 10.3. The minimum absolute atomic E-state index is 0.0869. The SMILES string of the molecule is Cc1ccc(S(=O)(=O)NCCc2nc(-c3ccc4c(c3)[nH]c(=O)c(=O)n4C(C)C)no2)cc1. The third-order valence-electron chi connectivity index (χ3n) is 5.12. The summed E-state index contributed by atoms with van der Waals surface area (Å²) in [7, 11) is -3.64. The van der Waals surface area contributed by atoms with Crippen molar-refractivity contribution < 1.29 is 12.9 Å². The number of benzene rings is 2. The fourth-order valence-electron chi connectivity index (χ4n) is 3.46. The summed E-state index contributed by atoms with van der Waals surface area (Å²) < 4.78 is 34.0. The normalized spacial score (nSPS) is 12.0. The molecule has 0 aliphatic heterocycles. The van der Waals surface area contributed by atoms with Gasteiger partial charge in [0.2, 0.25) is 21.7 Å². The summed E-state index contributed by atoms with van der Waals surface area (Å²) in [5.74, 6) is 0.550.